The van der Waals surface area contributed by atoms with Gasteiger partial charge in [-0.15, -0.1) is 0 Å². The lowest BCUT2D eigenvalue weighted by Gasteiger charge is -2.40. The number of benzene rings is 1. The third-order valence-corrected chi connectivity index (χ3v) is 4.38. The van der Waals surface area contributed by atoms with Crippen LogP contribution in [-0.2, 0) is 4.79 Å². The van der Waals surface area contributed by atoms with E-state index >= 15 is 0 Å². The van der Waals surface area contributed by atoms with E-state index in [0.29, 0.717) is 6.42 Å². The second-order valence-corrected chi connectivity index (χ2v) is 5.52. The van der Waals surface area contributed by atoms with Crippen molar-refractivity contribution >= 4 is 11.6 Å². The minimum absolute atomic E-state index is 0.196. The van der Waals surface area contributed by atoms with Crippen LogP contribution in [0.4, 0.5) is 10.1 Å². The number of nitrogens with zero attached hydrogens (tertiary/aromatic N) is 3. The topological polar surface area (TPSA) is 26.8 Å². The van der Waals surface area contributed by atoms with Gasteiger partial charge in [0.2, 0.25) is 5.91 Å². The number of hydrogen-bond donors (Lipinski definition) is 0. The fraction of sp³-hybridized carbons (Fsp3) is 0.533. The van der Waals surface area contributed by atoms with E-state index < -0.39 is 0 Å². The summed E-state index contributed by atoms with van der Waals surface area (Å²) in [5.74, 6) is 0.0504. The maximum Gasteiger partial charge on any atom is 0.223 e. The molecule has 2 aliphatic heterocycles. The lowest BCUT2D eigenvalue weighted by Crippen LogP contribution is -2.53. The molecule has 3 rings (SSSR count). The van der Waals surface area contributed by atoms with Crippen LogP contribution in [0.2, 0.25) is 0 Å². The molecule has 0 aromatic heterocycles. The SMILES string of the molecule is CN1C(=O)CCC1N1CCN(c2ccc(F)cc2)CC1. The lowest BCUT2D eigenvalue weighted by atomic mass is 10.2. The molecular formula is C15H20FN3O. The summed E-state index contributed by atoms with van der Waals surface area (Å²) in [5, 5.41) is 0. The zero-order valence-corrected chi connectivity index (χ0v) is 11.8. The van der Waals surface area contributed by atoms with E-state index in [4.69, 9.17) is 0 Å². The van der Waals surface area contributed by atoms with Crippen LogP contribution in [0.5, 0.6) is 0 Å². The fourth-order valence-electron chi connectivity index (χ4n) is 3.15. The van der Waals surface area contributed by atoms with E-state index in [1.807, 2.05) is 24.1 Å². The van der Waals surface area contributed by atoms with Crippen molar-refractivity contribution in [3.05, 3.63) is 30.1 Å². The Bertz CT molecular complexity index is 482. The summed E-state index contributed by atoms with van der Waals surface area (Å²) in [6, 6.07) is 6.67. The van der Waals surface area contributed by atoms with Crippen molar-refractivity contribution in [3.63, 3.8) is 0 Å². The summed E-state index contributed by atoms with van der Waals surface area (Å²) in [5.41, 5.74) is 1.07. The van der Waals surface area contributed by atoms with Crippen molar-refractivity contribution in [2.45, 2.75) is 19.0 Å². The number of halogens is 1. The lowest BCUT2D eigenvalue weighted by molar-refractivity contribution is -0.129. The highest BCUT2D eigenvalue weighted by Gasteiger charge is 2.33. The molecule has 1 aromatic rings. The average Bonchev–Trinajstić information content (AvgIpc) is 2.80. The zero-order chi connectivity index (χ0) is 14.1. The number of carbonyl (C=O) groups excluding carboxylic acids is 1. The van der Waals surface area contributed by atoms with Crippen LogP contribution in [0.1, 0.15) is 12.8 Å². The van der Waals surface area contributed by atoms with Crippen molar-refractivity contribution in [1.82, 2.24) is 9.80 Å². The molecule has 108 valence electrons. The smallest absolute Gasteiger partial charge is 0.223 e. The molecule has 0 spiro atoms. The molecule has 0 saturated carbocycles. The van der Waals surface area contributed by atoms with Crippen LogP contribution in [-0.4, -0.2) is 55.1 Å². The molecular weight excluding hydrogens is 257 g/mol. The van der Waals surface area contributed by atoms with E-state index in [0.717, 1.165) is 38.3 Å². The van der Waals surface area contributed by atoms with Gasteiger partial charge in [0.25, 0.3) is 0 Å². The summed E-state index contributed by atoms with van der Waals surface area (Å²) in [7, 11) is 1.90. The standard InChI is InChI=1S/C15H20FN3O/c1-17-14(6-7-15(17)20)19-10-8-18(9-11-19)13-4-2-12(16)3-5-13/h2-5,14H,6-11H2,1H3. The van der Waals surface area contributed by atoms with E-state index in [2.05, 4.69) is 9.80 Å². The van der Waals surface area contributed by atoms with Crippen molar-refractivity contribution in [1.29, 1.82) is 0 Å². The number of hydrogen-bond acceptors (Lipinski definition) is 3. The largest absolute Gasteiger partial charge is 0.369 e. The first-order chi connectivity index (χ1) is 9.65. The molecule has 1 atom stereocenters. The van der Waals surface area contributed by atoms with Gasteiger partial charge in [0.1, 0.15) is 5.82 Å². The second kappa shape index (κ2) is 5.40. The second-order valence-electron chi connectivity index (χ2n) is 5.52. The number of carbonyl (C=O) groups is 1. The summed E-state index contributed by atoms with van der Waals surface area (Å²) in [6.45, 7) is 3.73. The molecule has 4 nitrogen and oxygen atoms in total. The quantitative estimate of drug-likeness (QED) is 0.820. The maximum atomic E-state index is 12.9. The van der Waals surface area contributed by atoms with Gasteiger partial charge < -0.3 is 9.80 Å². The van der Waals surface area contributed by atoms with Crippen LogP contribution in [0.15, 0.2) is 24.3 Å². The van der Waals surface area contributed by atoms with Gasteiger partial charge in [0.05, 0.1) is 6.17 Å². The van der Waals surface area contributed by atoms with Gasteiger partial charge in [0.15, 0.2) is 0 Å². The predicted octanol–water partition coefficient (Wildman–Crippen LogP) is 1.53. The molecule has 2 fully saturated rings. The van der Waals surface area contributed by atoms with Gasteiger partial charge in [-0.25, -0.2) is 4.39 Å². The molecule has 1 amide bonds. The van der Waals surface area contributed by atoms with Gasteiger partial charge in [-0.05, 0) is 30.7 Å². The van der Waals surface area contributed by atoms with Gasteiger partial charge in [-0.2, -0.15) is 0 Å². The number of likely N-dealkylation sites (tertiary alicyclic amines) is 1. The maximum absolute atomic E-state index is 12.9. The number of anilines is 1. The van der Waals surface area contributed by atoms with Crippen LogP contribution < -0.4 is 4.90 Å². The Morgan fingerprint density at radius 2 is 1.75 bits per heavy atom. The van der Waals surface area contributed by atoms with Crippen LogP contribution in [0.3, 0.4) is 0 Å². The van der Waals surface area contributed by atoms with Crippen LogP contribution >= 0.6 is 0 Å². The minimum Gasteiger partial charge on any atom is -0.369 e. The van der Waals surface area contributed by atoms with Crippen LogP contribution in [0.25, 0.3) is 0 Å². The molecule has 0 aliphatic carbocycles. The fourth-order valence-corrected chi connectivity index (χ4v) is 3.15. The summed E-state index contributed by atoms with van der Waals surface area (Å²) < 4.78 is 12.9. The van der Waals surface area contributed by atoms with Crippen molar-refractivity contribution in [3.8, 4) is 0 Å². The number of piperazine rings is 1. The molecule has 2 heterocycles. The Morgan fingerprint density at radius 1 is 1.10 bits per heavy atom. The van der Waals surface area contributed by atoms with Gasteiger partial charge in [-0.3, -0.25) is 9.69 Å². The van der Waals surface area contributed by atoms with Gasteiger partial charge >= 0.3 is 0 Å². The van der Waals surface area contributed by atoms with Crippen molar-refractivity contribution in [2.75, 3.05) is 38.1 Å². The van der Waals surface area contributed by atoms with E-state index in [9.17, 15) is 9.18 Å². The van der Waals surface area contributed by atoms with Gasteiger partial charge in [0, 0.05) is 45.3 Å². The van der Waals surface area contributed by atoms with E-state index in [1.54, 1.807) is 0 Å². The third-order valence-electron chi connectivity index (χ3n) is 4.38. The van der Waals surface area contributed by atoms with Crippen LogP contribution in [0, 0.1) is 5.82 Å². The summed E-state index contributed by atoms with van der Waals surface area (Å²) >= 11 is 0. The average molecular weight is 277 g/mol. The first kappa shape index (κ1) is 13.4. The first-order valence-electron chi connectivity index (χ1n) is 7.15. The zero-order valence-electron chi connectivity index (χ0n) is 11.8. The molecule has 2 saturated heterocycles. The number of amides is 1. The Hall–Kier alpha value is -1.62. The summed E-state index contributed by atoms with van der Waals surface area (Å²) in [4.78, 5) is 18.1. The Kier molecular flexibility index (Phi) is 3.61. The minimum atomic E-state index is -0.196. The molecule has 0 radical (unpaired) electrons. The molecule has 0 bridgehead atoms. The molecule has 2 aliphatic rings. The highest BCUT2D eigenvalue weighted by Crippen LogP contribution is 2.23. The third kappa shape index (κ3) is 2.50. The Labute approximate surface area is 118 Å². The van der Waals surface area contributed by atoms with E-state index in [1.165, 1.54) is 12.1 Å². The highest BCUT2D eigenvalue weighted by atomic mass is 19.1. The predicted molar refractivity (Wildman–Crippen MR) is 76.0 cm³/mol. The van der Waals surface area contributed by atoms with Crippen molar-refractivity contribution in [2.24, 2.45) is 0 Å². The number of rotatable bonds is 2. The normalized spacial score (nSPS) is 24.5. The van der Waals surface area contributed by atoms with Gasteiger partial charge in [-0.1, -0.05) is 0 Å². The molecule has 0 N–H and O–H groups in total. The highest BCUT2D eigenvalue weighted by molar-refractivity contribution is 5.78. The molecule has 1 aromatic carbocycles. The monoisotopic (exact) mass is 277 g/mol. The first-order valence-corrected chi connectivity index (χ1v) is 7.15. The van der Waals surface area contributed by atoms with E-state index in [-0.39, 0.29) is 17.9 Å². The molecule has 20 heavy (non-hydrogen) atoms. The Morgan fingerprint density at radius 3 is 2.30 bits per heavy atom. The Balaban J connectivity index is 1.59. The molecule has 1 unspecified atom stereocenters. The molecule has 5 heteroatoms. The van der Waals surface area contributed by atoms with Crippen molar-refractivity contribution < 1.29 is 9.18 Å². The summed E-state index contributed by atoms with van der Waals surface area (Å²) in [6.07, 6.45) is 1.86.